The van der Waals surface area contributed by atoms with Crippen molar-refractivity contribution in [3.05, 3.63) is 0 Å². The molecule has 0 aliphatic heterocycles. The summed E-state index contributed by atoms with van der Waals surface area (Å²) in [5, 5.41) is 2.57. The largest absolute Gasteiger partial charge is 0.353 e. The number of nitrogens with zero attached hydrogens (tertiary/aromatic N) is 2. The molecule has 0 bridgehead atoms. The van der Waals surface area contributed by atoms with Crippen LogP contribution >= 0.6 is 0 Å². The molecule has 0 aliphatic carbocycles. The minimum atomic E-state index is -0.276. The smallest absolute Gasteiger partial charge is 0.242 e. The van der Waals surface area contributed by atoms with Gasteiger partial charge in [-0.05, 0) is 0 Å². The van der Waals surface area contributed by atoms with E-state index in [-0.39, 0.29) is 30.8 Å². The number of likely N-dealkylation sites (N-methyl/N-ethyl adjacent to an activating group) is 2. The van der Waals surface area contributed by atoms with E-state index in [1.54, 1.807) is 14.0 Å². The lowest BCUT2D eigenvalue weighted by Crippen LogP contribution is -2.44. The third-order valence-electron chi connectivity index (χ3n) is 2.37. The molecule has 0 saturated carbocycles. The van der Waals surface area contributed by atoms with Crippen LogP contribution in [0.25, 0.3) is 0 Å². The predicted octanol–water partition coefficient (Wildman–Crippen LogP) is -1.61. The van der Waals surface area contributed by atoms with Gasteiger partial charge in [0.05, 0.1) is 13.1 Å². The van der Waals surface area contributed by atoms with Crippen LogP contribution in [0.15, 0.2) is 0 Å². The van der Waals surface area contributed by atoms with Gasteiger partial charge in [-0.3, -0.25) is 14.4 Å². The third kappa shape index (κ3) is 6.19. The number of carbonyl (C=O) groups excluding carboxylic acids is 3. The second-order valence-electron chi connectivity index (χ2n) is 3.99. The molecule has 3 amide bonds. The molecule has 0 aromatic carbocycles. The van der Waals surface area contributed by atoms with Gasteiger partial charge < -0.3 is 20.9 Å². The summed E-state index contributed by atoms with van der Waals surface area (Å²) < 4.78 is 0. The molecular formula is C11H22N4O3. The monoisotopic (exact) mass is 258 g/mol. The highest BCUT2D eigenvalue weighted by atomic mass is 16.2. The SMILES string of the molecule is CCC(=O)N(C)CC(=O)N(C)CC(=O)NCCN. The van der Waals surface area contributed by atoms with Gasteiger partial charge in [-0.25, -0.2) is 0 Å². The zero-order chi connectivity index (χ0) is 14.1. The van der Waals surface area contributed by atoms with Crippen molar-refractivity contribution in [1.82, 2.24) is 15.1 Å². The number of hydrogen-bond donors (Lipinski definition) is 2. The maximum absolute atomic E-state index is 11.7. The summed E-state index contributed by atoms with van der Waals surface area (Å²) in [6.45, 7) is 2.42. The van der Waals surface area contributed by atoms with Crippen LogP contribution < -0.4 is 11.1 Å². The van der Waals surface area contributed by atoms with Crippen LogP contribution in [0.1, 0.15) is 13.3 Å². The van der Waals surface area contributed by atoms with Crippen LogP contribution in [0.5, 0.6) is 0 Å². The Balaban J connectivity index is 4.10. The Morgan fingerprint density at radius 3 is 2.11 bits per heavy atom. The number of nitrogens with one attached hydrogen (secondary N) is 1. The molecule has 0 spiro atoms. The highest BCUT2D eigenvalue weighted by molar-refractivity contribution is 5.88. The molecule has 104 valence electrons. The Labute approximate surface area is 107 Å². The zero-order valence-electron chi connectivity index (χ0n) is 11.2. The minimum absolute atomic E-state index is 0.0205. The summed E-state index contributed by atoms with van der Waals surface area (Å²) in [6.07, 6.45) is 0.352. The maximum Gasteiger partial charge on any atom is 0.242 e. The summed E-state index contributed by atoms with van der Waals surface area (Å²) in [4.78, 5) is 37.0. The van der Waals surface area contributed by atoms with E-state index in [2.05, 4.69) is 5.32 Å². The highest BCUT2D eigenvalue weighted by Crippen LogP contribution is 1.93. The average Bonchev–Trinajstić information content (AvgIpc) is 2.34. The van der Waals surface area contributed by atoms with Crippen molar-refractivity contribution in [3.63, 3.8) is 0 Å². The first-order chi connectivity index (χ1) is 8.42. The van der Waals surface area contributed by atoms with Crippen molar-refractivity contribution in [2.75, 3.05) is 40.3 Å². The summed E-state index contributed by atoms with van der Waals surface area (Å²) in [5.41, 5.74) is 5.24. The van der Waals surface area contributed by atoms with Gasteiger partial charge in [0.15, 0.2) is 0 Å². The van der Waals surface area contributed by atoms with Gasteiger partial charge in [-0.15, -0.1) is 0 Å². The zero-order valence-corrected chi connectivity index (χ0v) is 11.2. The Morgan fingerprint density at radius 1 is 1.06 bits per heavy atom. The van der Waals surface area contributed by atoms with E-state index in [9.17, 15) is 14.4 Å². The molecular weight excluding hydrogens is 236 g/mol. The van der Waals surface area contributed by atoms with E-state index in [0.29, 0.717) is 19.5 Å². The number of nitrogens with two attached hydrogens (primary N) is 1. The Kier molecular flexibility index (Phi) is 7.69. The second-order valence-corrected chi connectivity index (χ2v) is 3.99. The number of hydrogen-bond acceptors (Lipinski definition) is 4. The summed E-state index contributed by atoms with van der Waals surface area (Å²) in [6, 6.07) is 0. The van der Waals surface area contributed by atoms with Gasteiger partial charge in [0.25, 0.3) is 0 Å². The van der Waals surface area contributed by atoms with Crippen molar-refractivity contribution in [1.29, 1.82) is 0 Å². The quantitative estimate of drug-likeness (QED) is 0.574. The fraction of sp³-hybridized carbons (Fsp3) is 0.727. The van der Waals surface area contributed by atoms with Gasteiger partial charge in [-0.1, -0.05) is 6.92 Å². The van der Waals surface area contributed by atoms with Crippen LogP contribution in [0.3, 0.4) is 0 Å². The lowest BCUT2D eigenvalue weighted by atomic mass is 10.4. The van der Waals surface area contributed by atoms with Crippen LogP contribution in [-0.4, -0.2) is 67.8 Å². The predicted molar refractivity (Wildman–Crippen MR) is 67.6 cm³/mol. The van der Waals surface area contributed by atoms with E-state index in [1.165, 1.54) is 16.8 Å². The normalized spacial score (nSPS) is 9.78. The first-order valence-corrected chi connectivity index (χ1v) is 5.87. The molecule has 0 atom stereocenters. The molecule has 7 heteroatoms. The Hall–Kier alpha value is -1.63. The minimum Gasteiger partial charge on any atom is -0.353 e. The Morgan fingerprint density at radius 2 is 1.61 bits per heavy atom. The summed E-state index contributed by atoms with van der Waals surface area (Å²) in [5.74, 6) is -0.646. The van der Waals surface area contributed by atoms with Crippen molar-refractivity contribution in [2.45, 2.75) is 13.3 Å². The molecule has 0 unspecified atom stereocenters. The fourth-order valence-electron chi connectivity index (χ4n) is 1.25. The highest BCUT2D eigenvalue weighted by Gasteiger charge is 2.16. The third-order valence-corrected chi connectivity index (χ3v) is 2.37. The van der Waals surface area contributed by atoms with E-state index in [4.69, 9.17) is 5.73 Å². The fourth-order valence-corrected chi connectivity index (χ4v) is 1.25. The van der Waals surface area contributed by atoms with Crippen LogP contribution in [-0.2, 0) is 14.4 Å². The van der Waals surface area contributed by atoms with Crippen LogP contribution in [0.2, 0.25) is 0 Å². The van der Waals surface area contributed by atoms with Gasteiger partial charge in [-0.2, -0.15) is 0 Å². The lowest BCUT2D eigenvalue weighted by molar-refractivity contribution is -0.140. The maximum atomic E-state index is 11.7. The van der Waals surface area contributed by atoms with Crippen molar-refractivity contribution in [2.24, 2.45) is 5.73 Å². The standard InChI is InChI=1S/C11H22N4O3/c1-4-10(17)15(3)8-11(18)14(2)7-9(16)13-6-5-12/h4-8,12H2,1-3H3,(H,13,16). The first-order valence-electron chi connectivity index (χ1n) is 5.87. The first kappa shape index (κ1) is 16.4. The van der Waals surface area contributed by atoms with E-state index >= 15 is 0 Å². The number of amides is 3. The topological polar surface area (TPSA) is 95.7 Å². The molecule has 0 rings (SSSR count). The lowest BCUT2D eigenvalue weighted by Gasteiger charge is -2.21. The van der Waals surface area contributed by atoms with Crippen LogP contribution in [0.4, 0.5) is 0 Å². The molecule has 0 saturated heterocycles. The molecule has 0 fully saturated rings. The second kappa shape index (κ2) is 8.46. The summed E-state index contributed by atoms with van der Waals surface area (Å²) >= 11 is 0. The van der Waals surface area contributed by atoms with Crippen molar-refractivity contribution < 1.29 is 14.4 Å². The molecule has 0 radical (unpaired) electrons. The van der Waals surface area contributed by atoms with Gasteiger partial charge in [0.2, 0.25) is 17.7 Å². The molecule has 0 heterocycles. The Bertz CT molecular complexity index is 307. The van der Waals surface area contributed by atoms with Gasteiger partial charge in [0, 0.05) is 33.6 Å². The van der Waals surface area contributed by atoms with Gasteiger partial charge >= 0.3 is 0 Å². The average molecular weight is 258 g/mol. The molecule has 18 heavy (non-hydrogen) atoms. The summed E-state index contributed by atoms with van der Waals surface area (Å²) in [7, 11) is 3.08. The molecule has 0 aliphatic rings. The molecule has 0 aromatic heterocycles. The molecule has 0 aromatic rings. The molecule has 3 N–H and O–H groups in total. The number of rotatable bonds is 7. The van der Waals surface area contributed by atoms with E-state index in [0.717, 1.165) is 0 Å². The molecule has 7 nitrogen and oxygen atoms in total. The number of carbonyl (C=O) groups is 3. The van der Waals surface area contributed by atoms with E-state index in [1.807, 2.05) is 0 Å². The van der Waals surface area contributed by atoms with E-state index < -0.39 is 0 Å². The van der Waals surface area contributed by atoms with Crippen LogP contribution in [0, 0.1) is 0 Å². The van der Waals surface area contributed by atoms with Gasteiger partial charge in [0.1, 0.15) is 0 Å². The van der Waals surface area contributed by atoms with Crippen molar-refractivity contribution >= 4 is 17.7 Å². The van der Waals surface area contributed by atoms with Crippen molar-refractivity contribution in [3.8, 4) is 0 Å².